The van der Waals surface area contributed by atoms with Crippen molar-refractivity contribution in [3.05, 3.63) is 117 Å². The fourth-order valence-electron chi connectivity index (χ4n) is 4.93. The summed E-state index contributed by atoms with van der Waals surface area (Å²) < 4.78 is 7.03. The van der Waals surface area contributed by atoms with Crippen molar-refractivity contribution in [1.82, 2.24) is 35.1 Å². The van der Waals surface area contributed by atoms with E-state index in [-0.39, 0.29) is 5.56 Å². The number of benzene rings is 2. The van der Waals surface area contributed by atoms with Gasteiger partial charge in [0.15, 0.2) is 5.82 Å². The van der Waals surface area contributed by atoms with Crippen molar-refractivity contribution < 1.29 is 4.74 Å². The van der Waals surface area contributed by atoms with E-state index in [1.54, 1.807) is 18.0 Å². The molecule has 38 heavy (non-hydrogen) atoms. The van der Waals surface area contributed by atoms with Crippen LogP contribution in [0, 0.1) is 13.8 Å². The van der Waals surface area contributed by atoms with Gasteiger partial charge in [-0.3, -0.25) is 14.7 Å². The Kier molecular flexibility index (Phi) is 7.67. The van der Waals surface area contributed by atoms with Gasteiger partial charge in [0, 0.05) is 38.2 Å². The van der Waals surface area contributed by atoms with Crippen LogP contribution in [0.5, 0.6) is 0 Å². The molecule has 0 aliphatic carbocycles. The van der Waals surface area contributed by atoms with Crippen LogP contribution < -0.4 is 5.56 Å². The van der Waals surface area contributed by atoms with Gasteiger partial charge in [0.25, 0.3) is 5.56 Å². The monoisotopic (exact) mass is 509 g/mol. The number of fused-ring (bicyclic) bond motifs is 1. The number of aromatic nitrogens is 6. The average Bonchev–Trinajstić information content (AvgIpc) is 3.37. The zero-order valence-corrected chi connectivity index (χ0v) is 21.8. The molecule has 1 atom stereocenters. The molecule has 9 heteroatoms. The molecule has 1 N–H and O–H groups in total. The Balaban J connectivity index is 1.71. The van der Waals surface area contributed by atoms with E-state index in [0.29, 0.717) is 37.6 Å². The predicted molar refractivity (Wildman–Crippen MR) is 146 cm³/mol. The normalized spacial score (nSPS) is 12.3. The van der Waals surface area contributed by atoms with Crippen LogP contribution in [-0.4, -0.2) is 48.8 Å². The number of nitrogens with zero attached hydrogens (tertiary/aromatic N) is 6. The quantitative estimate of drug-likeness (QED) is 0.304. The van der Waals surface area contributed by atoms with E-state index in [1.165, 1.54) is 0 Å². The molecule has 0 aliphatic rings. The van der Waals surface area contributed by atoms with Crippen LogP contribution >= 0.6 is 0 Å². The maximum atomic E-state index is 13.7. The van der Waals surface area contributed by atoms with E-state index in [2.05, 4.69) is 61.6 Å². The molecule has 3 aromatic heterocycles. The molecule has 0 radical (unpaired) electrons. The van der Waals surface area contributed by atoms with Crippen LogP contribution in [0.25, 0.3) is 10.9 Å². The molecule has 0 saturated carbocycles. The van der Waals surface area contributed by atoms with Crippen molar-refractivity contribution in [3.63, 3.8) is 0 Å². The van der Waals surface area contributed by atoms with Gasteiger partial charge in [-0.25, -0.2) is 4.68 Å². The maximum absolute atomic E-state index is 13.7. The molecule has 1 unspecified atom stereocenters. The summed E-state index contributed by atoms with van der Waals surface area (Å²) in [5, 5.41) is 13.6. The van der Waals surface area contributed by atoms with Gasteiger partial charge in [0.2, 0.25) is 0 Å². The van der Waals surface area contributed by atoms with Gasteiger partial charge in [0.05, 0.1) is 18.7 Å². The minimum absolute atomic E-state index is 0.167. The van der Waals surface area contributed by atoms with Gasteiger partial charge in [-0.1, -0.05) is 48.0 Å². The predicted octanol–water partition coefficient (Wildman–Crippen LogP) is 3.96. The highest BCUT2D eigenvalue weighted by atomic mass is 16.5. The molecule has 5 rings (SSSR count). The summed E-state index contributed by atoms with van der Waals surface area (Å²) in [4.78, 5) is 23.4. The number of tetrazole rings is 1. The largest absolute Gasteiger partial charge is 0.383 e. The number of nitrogens with one attached hydrogen (secondary N) is 1. The number of pyridine rings is 2. The second-order valence-corrected chi connectivity index (χ2v) is 9.51. The Labute approximate surface area is 221 Å². The number of hydrogen-bond acceptors (Lipinski definition) is 7. The second-order valence-electron chi connectivity index (χ2n) is 9.51. The summed E-state index contributed by atoms with van der Waals surface area (Å²) in [5.74, 6) is 0.580. The van der Waals surface area contributed by atoms with Crippen LogP contribution in [0.3, 0.4) is 0 Å². The first-order chi connectivity index (χ1) is 18.5. The van der Waals surface area contributed by atoms with Crippen molar-refractivity contribution in [2.45, 2.75) is 39.5 Å². The zero-order chi connectivity index (χ0) is 26.5. The molecule has 0 saturated heterocycles. The Morgan fingerprint density at radius 1 is 1.03 bits per heavy atom. The van der Waals surface area contributed by atoms with Crippen LogP contribution in [-0.2, 0) is 24.4 Å². The standard InChI is InChI=1S/C29H31N7O2/c1-20-14-21(2)26-24(15-20)16-25(29(37)31-26)27(28-32-33-34-36(28)12-13-38-3)35(18-22-8-5-4-6-9-22)19-23-10-7-11-30-17-23/h4-11,14-17,27H,12-13,18-19H2,1-3H3,(H,31,37). The number of rotatable bonds is 10. The molecule has 0 bridgehead atoms. The van der Waals surface area contributed by atoms with Crippen LogP contribution in [0.2, 0.25) is 0 Å². The minimum atomic E-state index is -0.531. The van der Waals surface area contributed by atoms with Gasteiger partial charge >= 0.3 is 0 Å². The molecular weight excluding hydrogens is 478 g/mol. The summed E-state index contributed by atoms with van der Waals surface area (Å²) in [6.45, 7) is 6.09. The second kappa shape index (κ2) is 11.5. The Morgan fingerprint density at radius 2 is 1.82 bits per heavy atom. The van der Waals surface area contributed by atoms with Crippen molar-refractivity contribution in [1.29, 1.82) is 0 Å². The Hall–Kier alpha value is -4.21. The highest BCUT2D eigenvalue weighted by molar-refractivity contribution is 5.83. The summed E-state index contributed by atoms with van der Waals surface area (Å²) in [7, 11) is 1.64. The van der Waals surface area contributed by atoms with Gasteiger partial charge in [-0.2, -0.15) is 0 Å². The highest BCUT2D eigenvalue weighted by Crippen LogP contribution is 2.30. The smallest absolute Gasteiger partial charge is 0.253 e. The van der Waals surface area contributed by atoms with E-state index < -0.39 is 6.04 Å². The molecule has 0 fully saturated rings. The Morgan fingerprint density at radius 3 is 2.58 bits per heavy atom. The number of H-pyrrole nitrogens is 1. The molecule has 0 aliphatic heterocycles. The maximum Gasteiger partial charge on any atom is 0.253 e. The van der Waals surface area contributed by atoms with E-state index in [9.17, 15) is 4.79 Å². The number of ether oxygens (including phenoxy) is 1. The summed E-state index contributed by atoms with van der Waals surface area (Å²) >= 11 is 0. The summed E-state index contributed by atoms with van der Waals surface area (Å²) in [6.07, 6.45) is 3.60. The molecule has 3 heterocycles. The number of methoxy groups -OCH3 is 1. The third-order valence-corrected chi connectivity index (χ3v) is 6.63. The fraction of sp³-hybridized carbons (Fsp3) is 0.276. The number of aryl methyl sites for hydroxylation is 2. The van der Waals surface area contributed by atoms with Crippen molar-refractivity contribution in [3.8, 4) is 0 Å². The SMILES string of the molecule is COCCn1nnnc1C(c1cc2cc(C)cc(C)c2[nH]c1=O)N(Cc1ccccc1)Cc1cccnc1. The first kappa shape index (κ1) is 25.4. The average molecular weight is 510 g/mol. The van der Waals surface area contributed by atoms with E-state index in [1.807, 2.05) is 49.5 Å². The molecular formula is C29H31N7O2. The van der Waals surface area contributed by atoms with E-state index in [0.717, 1.165) is 33.2 Å². The third kappa shape index (κ3) is 5.53. The topological polar surface area (TPSA) is 102 Å². The van der Waals surface area contributed by atoms with Crippen molar-refractivity contribution >= 4 is 10.9 Å². The zero-order valence-electron chi connectivity index (χ0n) is 21.8. The number of aromatic amines is 1. The van der Waals surface area contributed by atoms with E-state index in [4.69, 9.17) is 4.74 Å². The molecule has 9 nitrogen and oxygen atoms in total. The Bertz CT molecular complexity index is 1520. The lowest BCUT2D eigenvalue weighted by atomic mass is 9.99. The lowest BCUT2D eigenvalue weighted by molar-refractivity contribution is 0.169. The summed E-state index contributed by atoms with van der Waals surface area (Å²) in [5.41, 5.74) is 5.54. The van der Waals surface area contributed by atoms with E-state index >= 15 is 0 Å². The number of hydrogen-bond donors (Lipinski definition) is 1. The van der Waals surface area contributed by atoms with Gasteiger partial charge in [0.1, 0.15) is 6.04 Å². The lowest BCUT2D eigenvalue weighted by Gasteiger charge is -2.31. The first-order valence-electron chi connectivity index (χ1n) is 12.6. The minimum Gasteiger partial charge on any atom is -0.383 e. The highest BCUT2D eigenvalue weighted by Gasteiger charge is 2.31. The van der Waals surface area contributed by atoms with Gasteiger partial charge in [-0.05, 0) is 64.5 Å². The molecule has 0 amide bonds. The van der Waals surface area contributed by atoms with Gasteiger partial charge in [-0.15, -0.1) is 5.10 Å². The van der Waals surface area contributed by atoms with Crippen LogP contribution in [0.1, 0.15) is 39.7 Å². The molecule has 194 valence electrons. The fourth-order valence-corrected chi connectivity index (χ4v) is 4.93. The summed E-state index contributed by atoms with van der Waals surface area (Å²) in [6, 6.07) is 19.8. The first-order valence-corrected chi connectivity index (χ1v) is 12.6. The third-order valence-electron chi connectivity index (χ3n) is 6.63. The molecule has 0 spiro atoms. The van der Waals surface area contributed by atoms with Crippen molar-refractivity contribution in [2.75, 3.05) is 13.7 Å². The lowest BCUT2D eigenvalue weighted by Crippen LogP contribution is -2.35. The molecule has 5 aromatic rings. The molecule has 2 aromatic carbocycles. The van der Waals surface area contributed by atoms with Crippen LogP contribution in [0.15, 0.2) is 77.9 Å². The van der Waals surface area contributed by atoms with Crippen molar-refractivity contribution in [2.24, 2.45) is 0 Å². The van der Waals surface area contributed by atoms with Gasteiger partial charge < -0.3 is 9.72 Å². The van der Waals surface area contributed by atoms with Crippen LogP contribution in [0.4, 0.5) is 0 Å².